The van der Waals surface area contributed by atoms with Gasteiger partial charge in [-0.15, -0.1) is 0 Å². The van der Waals surface area contributed by atoms with Crippen LogP contribution in [-0.4, -0.2) is 90.1 Å². The van der Waals surface area contributed by atoms with E-state index in [4.69, 9.17) is 0 Å². The van der Waals surface area contributed by atoms with Gasteiger partial charge >= 0.3 is 0 Å². The van der Waals surface area contributed by atoms with E-state index in [-0.39, 0.29) is 36.9 Å². The SMILES string of the molecule is CSCC[C@H](NC(=O)[C@@H]1CCCN1C(C)C)C(=O)N[C@@H](C)C(=O)NCC(=O)NCC(C)=O. The number of nitrogens with zero attached hydrogens (tertiary/aromatic N) is 1. The highest BCUT2D eigenvalue weighted by molar-refractivity contribution is 7.98. The minimum Gasteiger partial charge on any atom is -0.348 e. The van der Waals surface area contributed by atoms with E-state index in [1.54, 1.807) is 11.8 Å². The van der Waals surface area contributed by atoms with Crippen molar-refractivity contribution in [2.45, 2.75) is 71.1 Å². The van der Waals surface area contributed by atoms with Crippen molar-refractivity contribution in [3.63, 3.8) is 0 Å². The fourth-order valence-electron chi connectivity index (χ4n) is 3.45. The Morgan fingerprint density at radius 2 is 1.69 bits per heavy atom. The molecule has 1 saturated heterocycles. The molecule has 1 aliphatic rings. The second kappa shape index (κ2) is 14.1. The molecule has 0 saturated carbocycles. The highest BCUT2D eigenvalue weighted by Crippen LogP contribution is 2.20. The largest absolute Gasteiger partial charge is 0.348 e. The maximum Gasteiger partial charge on any atom is 0.243 e. The molecule has 0 aromatic rings. The normalized spacial score (nSPS) is 18.0. The molecule has 182 valence electrons. The molecule has 11 heteroatoms. The van der Waals surface area contributed by atoms with Gasteiger partial charge in [-0.3, -0.25) is 28.9 Å². The van der Waals surface area contributed by atoms with Gasteiger partial charge in [0.25, 0.3) is 0 Å². The van der Waals surface area contributed by atoms with Crippen LogP contribution in [0.2, 0.25) is 0 Å². The van der Waals surface area contributed by atoms with Gasteiger partial charge in [-0.05, 0) is 65.5 Å². The van der Waals surface area contributed by atoms with Gasteiger partial charge in [-0.2, -0.15) is 11.8 Å². The summed E-state index contributed by atoms with van der Waals surface area (Å²) in [4.78, 5) is 62.5. The van der Waals surface area contributed by atoms with Gasteiger partial charge in [0.1, 0.15) is 17.9 Å². The van der Waals surface area contributed by atoms with Crippen molar-refractivity contribution >= 4 is 41.2 Å². The Balaban J connectivity index is 2.62. The number of rotatable bonds is 13. The number of thioether (sulfide) groups is 1. The molecule has 0 radical (unpaired) electrons. The van der Waals surface area contributed by atoms with Crippen molar-refractivity contribution in [1.82, 2.24) is 26.2 Å². The second-order valence-electron chi connectivity index (χ2n) is 8.26. The smallest absolute Gasteiger partial charge is 0.243 e. The third kappa shape index (κ3) is 9.56. The highest BCUT2D eigenvalue weighted by Gasteiger charge is 2.34. The van der Waals surface area contributed by atoms with Crippen LogP contribution >= 0.6 is 11.8 Å². The lowest BCUT2D eigenvalue weighted by Gasteiger charge is -2.29. The first-order chi connectivity index (χ1) is 15.1. The van der Waals surface area contributed by atoms with Crippen LogP contribution in [0.5, 0.6) is 0 Å². The molecule has 1 heterocycles. The van der Waals surface area contributed by atoms with Crippen LogP contribution in [-0.2, 0) is 24.0 Å². The molecule has 1 aliphatic heterocycles. The van der Waals surface area contributed by atoms with Crippen LogP contribution < -0.4 is 21.3 Å². The zero-order valence-corrected chi connectivity index (χ0v) is 20.5. The molecule has 0 unspecified atom stereocenters. The standard InChI is InChI=1S/C21H37N5O5S/c1-13(2)26-9-6-7-17(26)21(31)25-16(8-10-32-5)20(30)24-15(4)19(29)23-12-18(28)22-11-14(3)27/h13,15-17H,6-12H2,1-5H3,(H,22,28)(H,23,29)(H,24,30)(H,25,31)/t15-,16-,17-/m0/s1. The Morgan fingerprint density at radius 1 is 1.00 bits per heavy atom. The summed E-state index contributed by atoms with van der Waals surface area (Å²) in [6.45, 7) is 7.39. The van der Waals surface area contributed by atoms with E-state index in [2.05, 4.69) is 26.2 Å². The number of likely N-dealkylation sites (tertiary alicyclic amines) is 1. The zero-order valence-electron chi connectivity index (χ0n) is 19.7. The predicted molar refractivity (Wildman–Crippen MR) is 124 cm³/mol. The Hall–Kier alpha value is -2.14. The van der Waals surface area contributed by atoms with E-state index in [1.807, 2.05) is 20.1 Å². The lowest BCUT2D eigenvalue weighted by molar-refractivity contribution is -0.133. The van der Waals surface area contributed by atoms with E-state index in [0.717, 1.165) is 19.4 Å². The van der Waals surface area contributed by atoms with Gasteiger partial charge < -0.3 is 21.3 Å². The summed E-state index contributed by atoms with van der Waals surface area (Å²) < 4.78 is 0. The summed E-state index contributed by atoms with van der Waals surface area (Å²) in [6.07, 6.45) is 4.05. The highest BCUT2D eigenvalue weighted by atomic mass is 32.2. The quantitative estimate of drug-likeness (QED) is 0.282. The van der Waals surface area contributed by atoms with Crippen molar-refractivity contribution in [3.8, 4) is 0 Å². The van der Waals surface area contributed by atoms with Crippen molar-refractivity contribution < 1.29 is 24.0 Å². The molecule has 3 atom stereocenters. The van der Waals surface area contributed by atoms with Crippen LogP contribution in [0.25, 0.3) is 0 Å². The molecule has 10 nitrogen and oxygen atoms in total. The van der Waals surface area contributed by atoms with E-state index < -0.39 is 29.8 Å². The molecule has 0 aromatic carbocycles. The lowest BCUT2D eigenvalue weighted by Crippen LogP contribution is -2.56. The third-order valence-electron chi connectivity index (χ3n) is 5.21. The first-order valence-corrected chi connectivity index (χ1v) is 12.4. The molecule has 1 fully saturated rings. The van der Waals surface area contributed by atoms with E-state index >= 15 is 0 Å². The number of hydrogen-bond donors (Lipinski definition) is 4. The van der Waals surface area contributed by atoms with Crippen molar-refractivity contribution in [2.24, 2.45) is 0 Å². The third-order valence-corrected chi connectivity index (χ3v) is 5.86. The van der Waals surface area contributed by atoms with Crippen LogP contribution in [0.4, 0.5) is 0 Å². The van der Waals surface area contributed by atoms with E-state index in [1.165, 1.54) is 13.8 Å². The van der Waals surface area contributed by atoms with Crippen molar-refractivity contribution in [1.29, 1.82) is 0 Å². The van der Waals surface area contributed by atoms with Crippen LogP contribution in [0.15, 0.2) is 0 Å². The number of Topliss-reactive ketones (excluding diaryl/α,β-unsaturated/α-hetero) is 1. The fourth-order valence-corrected chi connectivity index (χ4v) is 3.92. The van der Waals surface area contributed by atoms with Crippen molar-refractivity contribution in [2.75, 3.05) is 31.6 Å². The number of carbonyl (C=O) groups is 5. The molecule has 32 heavy (non-hydrogen) atoms. The molecule has 0 spiro atoms. The summed E-state index contributed by atoms with van der Waals surface area (Å²) in [6, 6.07) is -1.66. The summed E-state index contributed by atoms with van der Waals surface area (Å²) in [5.74, 6) is -1.16. The van der Waals surface area contributed by atoms with Crippen LogP contribution in [0.1, 0.15) is 47.0 Å². The molecule has 0 aliphatic carbocycles. The minimum absolute atomic E-state index is 0.104. The van der Waals surface area contributed by atoms with Gasteiger partial charge in [0.2, 0.25) is 23.6 Å². The Labute approximate surface area is 194 Å². The van der Waals surface area contributed by atoms with Gasteiger partial charge in [-0.1, -0.05) is 0 Å². The van der Waals surface area contributed by atoms with E-state index in [0.29, 0.717) is 12.2 Å². The molecular weight excluding hydrogens is 434 g/mol. The molecule has 1 rings (SSSR count). The van der Waals surface area contributed by atoms with Crippen molar-refractivity contribution in [3.05, 3.63) is 0 Å². The monoisotopic (exact) mass is 471 g/mol. The predicted octanol–water partition coefficient (Wildman–Crippen LogP) is -0.577. The van der Waals surface area contributed by atoms with Gasteiger partial charge in [-0.25, -0.2) is 0 Å². The molecule has 0 aromatic heterocycles. The van der Waals surface area contributed by atoms with Gasteiger partial charge in [0, 0.05) is 6.04 Å². The second-order valence-corrected chi connectivity index (χ2v) is 9.24. The Bertz CT molecular complexity index is 687. The first kappa shape index (κ1) is 27.9. The number of ketones is 1. The Morgan fingerprint density at radius 3 is 2.28 bits per heavy atom. The van der Waals surface area contributed by atoms with Crippen LogP contribution in [0, 0.1) is 0 Å². The number of amides is 4. The maximum atomic E-state index is 12.9. The fraction of sp³-hybridized carbons (Fsp3) is 0.762. The summed E-state index contributed by atoms with van der Waals surface area (Å²) >= 11 is 1.57. The number of carbonyl (C=O) groups excluding carboxylic acids is 5. The van der Waals surface area contributed by atoms with Gasteiger partial charge in [0.05, 0.1) is 19.1 Å². The lowest BCUT2D eigenvalue weighted by atomic mass is 10.1. The molecular formula is C21H37N5O5S. The van der Waals surface area contributed by atoms with E-state index in [9.17, 15) is 24.0 Å². The maximum absolute atomic E-state index is 12.9. The average molecular weight is 472 g/mol. The topological polar surface area (TPSA) is 137 Å². The summed E-state index contributed by atoms with van der Waals surface area (Å²) in [5.41, 5.74) is 0. The minimum atomic E-state index is -0.893. The number of hydrogen-bond acceptors (Lipinski definition) is 7. The molecule has 4 N–H and O–H groups in total. The molecule has 4 amide bonds. The first-order valence-electron chi connectivity index (χ1n) is 11.0. The average Bonchev–Trinajstić information content (AvgIpc) is 3.23. The molecule has 0 bridgehead atoms. The zero-order chi connectivity index (χ0) is 24.3. The summed E-state index contributed by atoms with van der Waals surface area (Å²) in [5, 5.41) is 10.3. The van der Waals surface area contributed by atoms with Gasteiger partial charge in [0.15, 0.2) is 0 Å². The number of nitrogens with one attached hydrogen (secondary N) is 4. The Kier molecular flexibility index (Phi) is 12.3. The van der Waals surface area contributed by atoms with Crippen LogP contribution in [0.3, 0.4) is 0 Å². The summed E-state index contributed by atoms with van der Waals surface area (Å²) in [7, 11) is 0.